The molecule has 0 aliphatic rings. The summed E-state index contributed by atoms with van der Waals surface area (Å²) in [7, 11) is 0. The van der Waals surface area contributed by atoms with Gasteiger partial charge in [0.05, 0.1) is 6.42 Å². The summed E-state index contributed by atoms with van der Waals surface area (Å²) >= 11 is 0. The SMILES string of the molecule is Cc1cc(CC(=O)NCc2ccccc2)c[nH]1. The van der Waals surface area contributed by atoms with E-state index in [4.69, 9.17) is 0 Å². The topological polar surface area (TPSA) is 44.9 Å². The number of carbonyl (C=O) groups excluding carboxylic acids is 1. The molecule has 0 unspecified atom stereocenters. The molecule has 0 bridgehead atoms. The molecule has 88 valence electrons. The van der Waals surface area contributed by atoms with Crippen molar-refractivity contribution >= 4 is 5.91 Å². The van der Waals surface area contributed by atoms with E-state index in [2.05, 4.69) is 10.3 Å². The summed E-state index contributed by atoms with van der Waals surface area (Å²) in [5, 5.41) is 2.90. The van der Waals surface area contributed by atoms with E-state index in [0.29, 0.717) is 13.0 Å². The van der Waals surface area contributed by atoms with Gasteiger partial charge in [-0.2, -0.15) is 0 Å². The van der Waals surface area contributed by atoms with Crippen LogP contribution in [0.15, 0.2) is 42.6 Å². The molecule has 0 saturated heterocycles. The molecule has 0 fully saturated rings. The first-order valence-electron chi connectivity index (χ1n) is 5.68. The number of hydrogen-bond donors (Lipinski definition) is 2. The number of carbonyl (C=O) groups is 1. The van der Waals surface area contributed by atoms with Crippen LogP contribution >= 0.6 is 0 Å². The van der Waals surface area contributed by atoms with Crippen LogP contribution in [0.1, 0.15) is 16.8 Å². The molecule has 3 heteroatoms. The van der Waals surface area contributed by atoms with Crippen molar-refractivity contribution in [2.24, 2.45) is 0 Å². The Labute approximate surface area is 101 Å². The van der Waals surface area contributed by atoms with E-state index in [1.807, 2.05) is 49.5 Å². The van der Waals surface area contributed by atoms with Gasteiger partial charge < -0.3 is 10.3 Å². The minimum absolute atomic E-state index is 0.0489. The average Bonchev–Trinajstić information content (AvgIpc) is 2.73. The lowest BCUT2D eigenvalue weighted by atomic mass is 10.2. The van der Waals surface area contributed by atoms with Gasteiger partial charge in [0.25, 0.3) is 0 Å². The van der Waals surface area contributed by atoms with E-state index in [1.54, 1.807) is 0 Å². The fourth-order valence-electron chi connectivity index (χ4n) is 1.71. The Hall–Kier alpha value is -2.03. The van der Waals surface area contributed by atoms with E-state index in [9.17, 15) is 4.79 Å². The first-order chi connectivity index (χ1) is 8.24. The summed E-state index contributed by atoms with van der Waals surface area (Å²) in [6, 6.07) is 11.9. The zero-order valence-corrected chi connectivity index (χ0v) is 9.86. The predicted molar refractivity (Wildman–Crippen MR) is 67.5 cm³/mol. The Morgan fingerprint density at radius 2 is 2.00 bits per heavy atom. The van der Waals surface area contributed by atoms with Gasteiger partial charge in [-0.1, -0.05) is 30.3 Å². The van der Waals surface area contributed by atoms with Crippen LogP contribution in [-0.2, 0) is 17.8 Å². The molecule has 1 heterocycles. The standard InChI is InChI=1S/C14H16N2O/c1-11-7-13(10-15-11)8-14(17)16-9-12-5-3-2-4-6-12/h2-7,10,15H,8-9H2,1H3,(H,16,17). The van der Waals surface area contributed by atoms with Crippen LogP contribution in [0.2, 0.25) is 0 Å². The Bertz CT molecular complexity index is 488. The van der Waals surface area contributed by atoms with Crippen LogP contribution in [0.25, 0.3) is 0 Å². The molecule has 2 rings (SSSR count). The lowest BCUT2D eigenvalue weighted by molar-refractivity contribution is -0.120. The minimum atomic E-state index is 0.0489. The van der Waals surface area contributed by atoms with Gasteiger partial charge in [0, 0.05) is 18.4 Å². The Balaban J connectivity index is 1.82. The maximum atomic E-state index is 11.7. The highest BCUT2D eigenvalue weighted by molar-refractivity contribution is 5.78. The molecule has 0 spiro atoms. The number of rotatable bonds is 4. The molecule has 0 saturated carbocycles. The van der Waals surface area contributed by atoms with Gasteiger partial charge in [-0.15, -0.1) is 0 Å². The normalized spacial score (nSPS) is 10.2. The summed E-state index contributed by atoms with van der Waals surface area (Å²) in [6.45, 7) is 2.56. The second-order valence-corrected chi connectivity index (χ2v) is 4.13. The van der Waals surface area contributed by atoms with E-state index in [-0.39, 0.29) is 5.91 Å². The molecular weight excluding hydrogens is 212 g/mol. The fraction of sp³-hybridized carbons (Fsp3) is 0.214. The lowest BCUT2D eigenvalue weighted by Crippen LogP contribution is -2.24. The maximum Gasteiger partial charge on any atom is 0.224 e. The first-order valence-corrected chi connectivity index (χ1v) is 5.68. The van der Waals surface area contributed by atoms with Crippen molar-refractivity contribution in [2.75, 3.05) is 0 Å². The molecule has 1 aromatic heterocycles. The molecule has 0 atom stereocenters. The second-order valence-electron chi connectivity index (χ2n) is 4.13. The summed E-state index contributed by atoms with van der Waals surface area (Å²) in [4.78, 5) is 14.7. The van der Waals surface area contributed by atoms with Crippen molar-refractivity contribution in [3.05, 3.63) is 59.4 Å². The number of aromatic nitrogens is 1. The molecule has 2 N–H and O–H groups in total. The molecule has 0 radical (unpaired) electrons. The van der Waals surface area contributed by atoms with E-state index in [0.717, 1.165) is 16.8 Å². The lowest BCUT2D eigenvalue weighted by Gasteiger charge is -2.04. The number of aryl methyl sites for hydroxylation is 1. The first kappa shape index (κ1) is 11.5. The van der Waals surface area contributed by atoms with Crippen molar-refractivity contribution in [3.63, 3.8) is 0 Å². The van der Waals surface area contributed by atoms with Crippen molar-refractivity contribution < 1.29 is 4.79 Å². The quantitative estimate of drug-likeness (QED) is 0.827. The molecule has 3 nitrogen and oxygen atoms in total. The number of H-pyrrole nitrogens is 1. The second kappa shape index (κ2) is 5.34. The van der Waals surface area contributed by atoms with Crippen molar-refractivity contribution in [1.82, 2.24) is 10.3 Å². The average molecular weight is 228 g/mol. The number of benzene rings is 1. The van der Waals surface area contributed by atoms with Gasteiger partial charge in [-0.3, -0.25) is 4.79 Å². The van der Waals surface area contributed by atoms with Gasteiger partial charge in [-0.25, -0.2) is 0 Å². The third-order valence-electron chi connectivity index (χ3n) is 2.58. The van der Waals surface area contributed by atoms with Gasteiger partial charge in [0.15, 0.2) is 0 Å². The van der Waals surface area contributed by atoms with Crippen LogP contribution in [-0.4, -0.2) is 10.9 Å². The van der Waals surface area contributed by atoms with Gasteiger partial charge >= 0.3 is 0 Å². The van der Waals surface area contributed by atoms with E-state index >= 15 is 0 Å². The van der Waals surface area contributed by atoms with Gasteiger partial charge in [0.2, 0.25) is 5.91 Å². The van der Waals surface area contributed by atoms with E-state index < -0.39 is 0 Å². The zero-order chi connectivity index (χ0) is 12.1. The highest BCUT2D eigenvalue weighted by Gasteiger charge is 2.04. The monoisotopic (exact) mass is 228 g/mol. The number of hydrogen-bond acceptors (Lipinski definition) is 1. The molecule has 1 aromatic carbocycles. The smallest absolute Gasteiger partial charge is 0.224 e. The number of aromatic amines is 1. The van der Waals surface area contributed by atoms with Crippen LogP contribution in [0.4, 0.5) is 0 Å². The van der Waals surface area contributed by atoms with Crippen LogP contribution in [0.5, 0.6) is 0 Å². The largest absolute Gasteiger partial charge is 0.365 e. The predicted octanol–water partition coefficient (Wildman–Crippen LogP) is 2.18. The fourth-order valence-corrected chi connectivity index (χ4v) is 1.71. The molecular formula is C14H16N2O. The van der Waals surface area contributed by atoms with Crippen LogP contribution in [0, 0.1) is 6.92 Å². The summed E-state index contributed by atoms with van der Waals surface area (Å²) in [6.07, 6.45) is 2.30. The number of nitrogens with one attached hydrogen (secondary N) is 2. The summed E-state index contributed by atoms with van der Waals surface area (Å²) < 4.78 is 0. The van der Waals surface area contributed by atoms with Crippen molar-refractivity contribution in [3.8, 4) is 0 Å². The Morgan fingerprint density at radius 3 is 2.65 bits per heavy atom. The molecule has 0 aliphatic carbocycles. The third-order valence-corrected chi connectivity index (χ3v) is 2.58. The maximum absolute atomic E-state index is 11.7. The summed E-state index contributed by atoms with van der Waals surface area (Å²) in [5.41, 5.74) is 3.22. The number of amides is 1. The van der Waals surface area contributed by atoms with Gasteiger partial charge in [-0.05, 0) is 24.1 Å². The van der Waals surface area contributed by atoms with E-state index in [1.165, 1.54) is 0 Å². The summed E-state index contributed by atoms with van der Waals surface area (Å²) in [5.74, 6) is 0.0489. The highest BCUT2D eigenvalue weighted by atomic mass is 16.1. The minimum Gasteiger partial charge on any atom is -0.365 e. The Kier molecular flexibility index (Phi) is 3.60. The molecule has 1 amide bonds. The van der Waals surface area contributed by atoms with Crippen molar-refractivity contribution in [2.45, 2.75) is 19.9 Å². The van der Waals surface area contributed by atoms with Crippen LogP contribution < -0.4 is 5.32 Å². The van der Waals surface area contributed by atoms with Crippen LogP contribution in [0.3, 0.4) is 0 Å². The molecule has 0 aliphatic heterocycles. The molecule has 17 heavy (non-hydrogen) atoms. The van der Waals surface area contributed by atoms with Crippen molar-refractivity contribution in [1.29, 1.82) is 0 Å². The zero-order valence-electron chi connectivity index (χ0n) is 9.86. The van der Waals surface area contributed by atoms with Gasteiger partial charge in [0.1, 0.15) is 0 Å². The highest BCUT2D eigenvalue weighted by Crippen LogP contribution is 2.03. The third kappa shape index (κ3) is 3.48. The Morgan fingerprint density at radius 1 is 1.24 bits per heavy atom. The molecule has 2 aromatic rings.